The molecular weight excluding hydrogens is 1690 g/mol. The molecule has 4 aromatic rings. The molecule has 34 heteroatoms. The predicted octanol–water partition coefficient (Wildman–Crippen LogP) is 14.6. The number of carbonyl (C=O) groups excluding carboxylic acids is 8. The van der Waals surface area contributed by atoms with E-state index in [1.807, 2.05) is 55.4 Å². The molecule has 4 aromatic carbocycles. The Morgan fingerprint density at radius 1 is 0.283 bits per heavy atom. The molecule has 0 aliphatic carbocycles. The fourth-order valence-corrected chi connectivity index (χ4v) is 17.7. The Balaban J connectivity index is 1.15. The second-order valence-corrected chi connectivity index (χ2v) is 35.8. The first-order valence-corrected chi connectivity index (χ1v) is 48.1. The van der Waals surface area contributed by atoms with E-state index in [0.29, 0.717) is 131 Å². The van der Waals surface area contributed by atoms with E-state index in [0.717, 1.165) is 51.4 Å². The van der Waals surface area contributed by atoms with Crippen LogP contribution in [0, 0.1) is 0 Å². The van der Waals surface area contributed by atoms with E-state index in [1.165, 1.54) is 47.0 Å². The summed E-state index contributed by atoms with van der Waals surface area (Å²) in [4.78, 5) is 127. The lowest BCUT2D eigenvalue weighted by molar-refractivity contribution is 0.0847. The number of thiocarbonyl (C=S) groups is 4. The van der Waals surface area contributed by atoms with E-state index >= 15 is 0 Å². The van der Waals surface area contributed by atoms with Crippen LogP contribution in [0.3, 0.4) is 0 Å². The quantitative estimate of drug-likeness (QED) is 0.0236. The zero-order valence-electron chi connectivity index (χ0n) is 70.8. The van der Waals surface area contributed by atoms with Gasteiger partial charge in [0.15, 0.2) is 46.0 Å². The fourth-order valence-electron chi connectivity index (χ4n) is 12.9. The maximum absolute atomic E-state index is 14.9. The van der Waals surface area contributed by atoms with Crippen molar-refractivity contribution in [3.8, 4) is 46.0 Å². The van der Waals surface area contributed by atoms with Crippen LogP contribution in [0.2, 0.25) is 0 Å². The minimum atomic E-state index is -0.488. The largest absolute Gasteiger partial charge is 0.489 e. The number of carbonyl (C=O) groups is 8. The Kier molecular flexibility index (Phi) is 43.4. The van der Waals surface area contributed by atoms with Crippen LogP contribution in [0.5, 0.6) is 46.0 Å². The molecule has 120 heavy (non-hydrogen) atoms. The zero-order chi connectivity index (χ0) is 86.3. The van der Waals surface area contributed by atoms with Gasteiger partial charge in [0.25, 0.3) is 47.3 Å². The first kappa shape index (κ1) is 98.2. The van der Waals surface area contributed by atoms with E-state index in [1.54, 1.807) is 68.1 Å². The third-order valence-corrected chi connectivity index (χ3v) is 25.6. The van der Waals surface area contributed by atoms with Crippen LogP contribution in [-0.2, 0) is 0 Å². The second kappa shape index (κ2) is 53.0. The summed E-state index contributed by atoms with van der Waals surface area (Å²) < 4.78 is 53.4. The van der Waals surface area contributed by atoms with Gasteiger partial charge in [-0.1, -0.05) is 203 Å². The monoisotopic (exact) mass is 1800 g/mol. The SMILES string of the molecule is CCCCOc1c(C(=O)NCCN(CCNC(=O)c2ccc(C(=O)N3CCSC3=S)c(OCCCC)c2OCCCC)CCN(CCNC(=O)c2ccc(C(=O)N3CCSC3=S)c(OCCCC)c2OCCCC)CCNC(=O)c2ccc(C(=O)N3CCSC3=S)c(OCCCC)c2OCCCC)ccc(C(=O)N2CCSC2=S)c1OCCCC. The number of thioether (sulfide) groups is 4. The Morgan fingerprint density at radius 2 is 0.450 bits per heavy atom. The number of benzene rings is 4. The molecule has 4 aliphatic rings. The van der Waals surface area contributed by atoms with Gasteiger partial charge >= 0.3 is 0 Å². The smallest absolute Gasteiger partial charge is 0.263 e. The van der Waals surface area contributed by atoms with Crippen molar-refractivity contribution in [2.45, 2.75) is 158 Å². The molecule has 8 amide bonds. The summed E-state index contributed by atoms with van der Waals surface area (Å²) in [7, 11) is 0. The highest BCUT2D eigenvalue weighted by Crippen LogP contribution is 2.43. The molecule has 0 spiro atoms. The Labute approximate surface area is 746 Å². The van der Waals surface area contributed by atoms with Crippen LogP contribution in [-0.4, -0.2) is 261 Å². The molecule has 8 rings (SSSR count). The molecule has 4 saturated heterocycles. The molecule has 4 aliphatic heterocycles. The van der Waals surface area contributed by atoms with Gasteiger partial charge in [-0.15, -0.1) is 0 Å². The van der Waals surface area contributed by atoms with Crippen molar-refractivity contribution in [3.05, 3.63) is 93.0 Å². The van der Waals surface area contributed by atoms with Gasteiger partial charge < -0.3 is 59.2 Å². The number of hydrogen-bond donors (Lipinski definition) is 4. The van der Waals surface area contributed by atoms with Crippen molar-refractivity contribution >= 4 is 160 Å². The highest BCUT2D eigenvalue weighted by atomic mass is 32.2. The van der Waals surface area contributed by atoms with Crippen LogP contribution in [0.25, 0.3) is 0 Å². The van der Waals surface area contributed by atoms with E-state index < -0.39 is 23.6 Å². The summed E-state index contributed by atoms with van der Waals surface area (Å²) in [6.45, 7) is 21.7. The fraction of sp³-hybridized carbons (Fsp3) is 0.581. The molecule has 0 unspecified atom stereocenters. The summed E-state index contributed by atoms with van der Waals surface area (Å²) in [5, 5.41) is 12.5. The average molecular weight is 1810 g/mol. The van der Waals surface area contributed by atoms with Gasteiger partial charge in [-0.3, -0.25) is 67.8 Å². The summed E-state index contributed by atoms with van der Waals surface area (Å²) in [5.41, 5.74) is 1.57. The minimum absolute atomic E-state index is 0.0728. The molecule has 658 valence electrons. The van der Waals surface area contributed by atoms with E-state index in [-0.39, 0.29) is 219 Å². The first-order chi connectivity index (χ1) is 58.3. The van der Waals surface area contributed by atoms with Gasteiger partial charge in [-0.05, 0) is 99.9 Å². The number of ether oxygens (including phenoxy) is 8. The lowest BCUT2D eigenvalue weighted by Gasteiger charge is -2.28. The lowest BCUT2D eigenvalue weighted by Crippen LogP contribution is -2.46. The number of amides is 8. The Bertz CT molecular complexity index is 3670. The number of unbranched alkanes of at least 4 members (excludes halogenated alkanes) is 8. The molecule has 0 radical (unpaired) electrons. The third-order valence-electron chi connectivity index (χ3n) is 19.9. The summed E-state index contributed by atoms with van der Waals surface area (Å²) >= 11 is 28.1. The molecule has 4 heterocycles. The van der Waals surface area contributed by atoms with Crippen LogP contribution in [0.4, 0.5) is 0 Å². The van der Waals surface area contributed by atoms with Gasteiger partial charge in [-0.2, -0.15) is 0 Å². The van der Waals surface area contributed by atoms with Crippen molar-refractivity contribution in [3.63, 3.8) is 0 Å². The molecule has 4 fully saturated rings. The number of hydrogen-bond acceptors (Lipinski definition) is 26. The average Bonchev–Trinajstić information content (AvgIpc) is 1.41. The zero-order valence-corrected chi connectivity index (χ0v) is 77.3. The molecule has 0 bridgehead atoms. The second-order valence-electron chi connectivity index (χ2n) is 28.9. The van der Waals surface area contributed by atoms with Gasteiger partial charge in [0.05, 0.1) is 97.4 Å². The van der Waals surface area contributed by atoms with Crippen LogP contribution in [0.1, 0.15) is 241 Å². The minimum Gasteiger partial charge on any atom is -0.489 e. The summed E-state index contributed by atoms with van der Waals surface area (Å²) in [6.07, 6.45) is 11.8. The number of rotatable bonds is 55. The van der Waals surface area contributed by atoms with Crippen molar-refractivity contribution in [2.75, 3.05) is 167 Å². The van der Waals surface area contributed by atoms with Crippen LogP contribution in [0.15, 0.2) is 48.5 Å². The predicted molar refractivity (Wildman–Crippen MR) is 496 cm³/mol. The number of nitrogens with zero attached hydrogens (tertiary/aromatic N) is 6. The Hall–Kier alpha value is -7.28. The lowest BCUT2D eigenvalue weighted by atomic mass is 10.1. The van der Waals surface area contributed by atoms with Gasteiger partial charge in [0.2, 0.25) is 0 Å². The van der Waals surface area contributed by atoms with Gasteiger partial charge in [0.1, 0.15) is 17.3 Å². The van der Waals surface area contributed by atoms with Crippen molar-refractivity contribution in [1.29, 1.82) is 0 Å². The first-order valence-electron chi connectivity index (χ1n) is 42.5. The normalized spacial score (nSPS) is 14.0. The van der Waals surface area contributed by atoms with Crippen LogP contribution >= 0.6 is 95.9 Å². The highest BCUT2D eigenvalue weighted by Gasteiger charge is 2.37. The van der Waals surface area contributed by atoms with E-state index in [2.05, 4.69) is 31.1 Å². The van der Waals surface area contributed by atoms with Gasteiger partial charge in [0, 0.05) is 115 Å². The maximum Gasteiger partial charge on any atom is 0.263 e. The Morgan fingerprint density at radius 3 is 0.608 bits per heavy atom. The third kappa shape index (κ3) is 28.1. The molecule has 4 N–H and O–H groups in total. The van der Waals surface area contributed by atoms with Crippen molar-refractivity contribution in [2.24, 2.45) is 0 Å². The van der Waals surface area contributed by atoms with Gasteiger partial charge in [-0.25, -0.2) is 0 Å². The van der Waals surface area contributed by atoms with E-state index in [4.69, 9.17) is 86.8 Å². The topological polar surface area (TPSA) is 278 Å². The molecule has 0 atom stereocenters. The standard InChI is InChI=1S/C86H120N10O16S8/c1-9-17-47-105-67-59(25-29-63(71(67)109-51-21-13-5)79(101)93-43-55-117-83(93)113)75(97)87-33-37-91(38-34-88-76(98)60-26-30-64(80(102)94-44-56-118-84(94)114)72(110-52-22-14-6)68(60)106-48-18-10-2)41-42-92(39-35-89-77(99)61-27-31-65(81(103)95-45-57-119-85(95)115)73(111-53-23-15-7)69(61)107-49-19-11-3)40-36-90-78(100)62-28-32-66(82(104)96-46-58-120-86(96)116)74(112-54-24-16-8)70(62)108-50-20-12-4/h25-32H,9-24,33-58H2,1-8H3,(H,87,97)(H,88,98)(H,89,99)(H,90,100). The maximum atomic E-state index is 14.9. The van der Waals surface area contributed by atoms with Crippen molar-refractivity contribution < 1.29 is 76.3 Å². The summed E-state index contributed by atoms with van der Waals surface area (Å²) in [6, 6.07) is 12.7. The van der Waals surface area contributed by atoms with Crippen LogP contribution < -0.4 is 59.2 Å². The highest BCUT2D eigenvalue weighted by molar-refractivity contribution is 8.24. The summed E-state index contributed by atoms with van der Waals surface area (Å²) in [5.74, 6) is 0.501. The van der Waals surface area contributed by atoms with Crippen molar-refractivity contribution in [1.82, 2.24) is 50.7 Å². The molecular formula is C86H120N10O16S8. The molecule has 0 saturated carbocycles. The number of nitrogens with one attached hydrogen (secondary N) is 4. The molecule has 26 nitrogen and oxygen atoms in total. The molecule has 0 aromatic heterocycles. The van der Waals surface area contributed by atoms with E-state index in [9.17, 15) is 38.4 Å².